The average Bonchev–Trinajstić information content (AvgIpc) is 3.14. The summed E-state index contributed by atoms with van der Waals surface area (Å²) in [6.07, 6.45) is 2.28. The predicted molar refractivity (Wildman–Crippen MR) is 65.7 cm³/mol. The van der Waals surface area contributed by atoms with E-state index in [9.17, 15) is 13.2 Å². The lowest BCUT2D eigenvalue weighted by molar-refractivity contribution is 0.0871. The molecule has 1 N–H and O–H groups in total. The molecule has 1 saturated carbocycles. The number of hydrogen-bond donors (Lipinski definition) is 1. The molecule has 0 bridgehead atoms. The van der Waals surface area contributed by atoms with E-state index in [1.165, 1.54) is 6.07 Å². The molecule has 1 amide bonds. The lowest BCUT2D eigenvalue weighted by atomic mass is 10.2. The molecule has 0 spiro atoms. The van der Waals surface area contributed by atoms with E-state index in [-0.39, 0.29) is 17.0 Å². The van der Waals surface area contributed by atoms with E-state index in [1.54, 1.807) is 18.2 Å². The number of hydrogen-bond acceptors (Lipinski definition) is 4. The molecule has 0 aromatic heterocycles. The van der Waals surface area contributed by atoms with Crippen LogP contribution in [0.1, 0.15) is 23.2 Å². The maximum absolute atomic E-state index is 12.2. The van der Waals surface area contributed by atoms with Gasteiger partial charge in [-0.1, -0.05) is 12.1 Å². The molecule has 1 heterocycles. The van der Waals surface area contributed by atoms with Crippen LogP contribution in [-0.2, 0) is 10.0 Å². The SMILES string of the molecule is O=C1c2ccccc2S(=O)(=O)N1CCNC1CC1. The van der Waals surface area contributed by atoms with Gasteiger partial charge in [-0.3, -0.25) is 4.79 Å². The highest BCUT2D eigenvalue weighted by atomic mass is 32.2. The molecule has 6 heteroatoms. The molecule has 5 nitrogen and oxygen atoms in total. The molecular formula is C12H14N2O3S. The van der Waals surface area contributed by atoms with Gasteiger partial charge in [-0.25, -0.2) is 12.7 Å². The van der Waals surface area contributed by atoms with Gasteiger partial charge in [0.05, 0.1) is 12.1 Å². The van der Waals surface area contributed by atoms with Crippen molar-refractivity contribution < 1.29 is 13.2 Å². The lowest BCUT2D eigenvalue weighted by Gasteiger charge is -2.15. The quantitative estimate of drug-likeness (QED) is 0.866. The number of amides is 1. The van der Waals surface area contributed by atoms with E-state index in [2.05, 4.69) is 5.32 Å². The molecule has 1 aromatic carbocycles. The first-order chi connectivity index (χ1) is 8.60. The highest BCUT2D eigenvalue weighted by Crippen LogP contribution is 2.29. The molecule has 1 fully saturated rings. The Kier molecular flexibility index (Phi) is 2.64. The van der Waals surface area contributed by atoms with Crippen LogP contribution in [-0.4, -0.2) is 37.8 Å². The smallest absolute Gasteiger partial charge is 0.269 e. The van der Waals surface area contributed by atoms with E-state index in [0.717, 1.165) is 17.1 Å². The Hall–Kier alpha value is -1.40. The Balaban J connectivity index is 1.81. The second kappa shape index (κ2) is 4.07. The van der Waals surface area contributed by atoms with E-state index >= 15 is 0 Å². The van der Waals surface area contributed by atoms with Gasteiger partial charge in [0.25, 0.3) is 15.9 Å². The fourth-order valence-corrected chi connectivity index (χ4v) is 3.68. The summed E-state index contributed by atoms with van der Waals surface area (Å²) in [5.41, 5.74) is 0.281. The van der Waals surface area contributed by atoms with Gasteiger partial charge in [0.1, 0.15) is 4.90 Å². The minimum Gasteiger partial charge on any atom is -0.312 e. The zero-order valence-corrected chi connectivity index (χ0v) is 10.6. The molecule has 1 aromatic rings. The van der Waals surface area contributed by atoms with E-state index in [4.69, 9.17) is 0 Å². The molecular weight excluding hydrogens is 252 g/mol. The topological polar surface area (TPSA) is 66.5 Å². The fourth-order valence-electron chi connectivity index (χ4n) is 2.11. The first-order valence-corrected chi connectivity index (χ1v) is 7.44. The first kappa shape index (κ1) is 11.7. The Bertz CT molecular complexity index is 593. The number of nitrogens with one attached hydrogen (secondary N) is 1. The van der Waals surface area contributed by atoms with Gasteiger partial charge in [-0.15, -0.1) is 0 Å². The van der Waals surface area contributed by atoms with Crippen molar-refractivity contribution in [3.8, 4) is 0 Å². The van der Waals surface area contributed by atoms with Crippen molar-refractivity contribution in [3.63, 3.8) is 0 Å². The van der Waals surface area contributed by atoms with Crippen LogP contribution in [0, 0.1) is 0 Å². The van der Waals surface area contributed by atoms with Gasteiger partial charge >= 0.3 is 0 Å². The van der Waals surface area contributed by atoms with Crippen molar-refractivity contribution in [2.45, 2.75) is 23.8 Å². The fraction of sp³-hybridized carbons (Fsp3) is 0.417. The average molecular weight is 266 g/mol. The summed E-state index contributed by atoms with van der Waals surface area (Å²) in [6, 6.07) is 6.86. The molecule has 0 unspecified atom stereocenters. The standard InChI is InChI=1S/C12H14N2O3S/c15-12-10-3-1-2-4-11(10)18(16,17)14(12)8-7-13-9-5-6-9/h1-4,9,13H,5-8H2. The number of benzene rings is 1. The van der Waals surface area contributed by atoms with Crippen molar-refractivity contribution in [1.82, 2.24) is 9.62 Å². The maximum Gasteiger partial charge on any atom is 0.269 e. The largest absolute Gasteiger partial charge is 0.312 e. The highest BCUT2D eigenvalue weighted by molar-refractivity contribution is 7.90. The summed E-state index contributed by atoms with van der Waals surface area (Å²) in [5, 5.41) is 3.21. The molecule has 96 valence electrons. The summed E-state index contributed by atoms with van der Waals surface area (Å²) in [7, 11) is -3.63. The summed E-state index contributed by atoms with van der Waals surface area (Å²) in [5.74, 6) is -0.414. The predicted octanol–water partition coefficient (Wildman–Crippen LogP) is 0.583. The van der Waals surface area contributed by atoms with Crippen LogP contribution in [0.3, 0.4) is 0 Å². The molecule has 3 rings (SSSR count). The monoisotopic (exact) mass is 266 g/mol. The van der Waals surface area contributed by atoms with Gasteiger partial charge in [-0.2, -0.15) is 0 Å². The third kappa shape index (κ3) is 1.81. The summed E-state index contributed by atoms with van der Waals surface area (Å²) in [4.78, 5) is 12.1. The van der Waals surface area contributed by atoms with Crippen LogP contribution in [0.2, 0.25) is 0 Å². The van der Waals surface area contributed by atoms with Crippen molar-refractivity contribution in [1.29, 1.82) is 0 Å². The van der Waals surface area contributed by atoms with E-state index < -0.39 is 15.9 Å². The molecule has 1 aliphatic heterocycles. The minimum atomic E-state index is -3.63. The van der Waals surface area contributed by atoms with E-state index in [1.807, 2.05) is 0 Å². The molecule has 0 saturated heterocycles. The normalized spacial score (nSPS) is 21.1. The van der Waals surface area contributed by atoms with Crippen LogP contribution in [0.5, 0.6) is 0 Å². The third-order valence-electron chi connectivity index (χ3n) is 3.24. The molecule has 2 aliphatic rings. The lowest BCUT2D eigenvalue weighted by Crippen LogP contribution is -2.36. The van der Waals surface area contributed by atoms with Gasteiger partial charge in [-0.05, 0) is 25.0 Å². The van der Waals surface area contributed by atoms with Gasteiger partial charge < -0.3 is 5.32 Å². The van der Waals surface area contributed by atoms with Gasteiger partial charge in [0.2, 0.25) is 0 Å². The Labute approximate surface area is 106 Å². The van der Waals surface area contributed by atoms with Crippen molar-refractivity contribution >= 4 is 15.9 Å². The zero-order valence-electron chi connectivity index (χ0n) is 9.80. The number of carbonyl (C=O) groups is 1. The third-order valence-corrected chi connectivity index (χ3v) is 5.08. The second-order valence-corrected chi connectivity index (χ2v) is 6.44. The number of nitrogens with zero attached hydrogens (tertiary/aromatic N) is 1. The Morgan fingerprint density at radius 2 is 2.00 bits per heavy atom. The minimum absolute atomic E-state index is 0.126. The molecule has 1 aliphatic carbocycles. The summed E-state index contributed by atoms with van der Waals surface area (Å²) >= 11 is 0. The number of fused-ring (bicyclic) bond motifs is 1. The van der Waals surface area contributed by atoms with Crippen LogP contribution < -0.4 is 5.32 Å². The molecule has 0 radical (unpaired) electrons. The van der Waals surface area contributed by atoms with Crippen molar-refractivity contribution in [2.75, 3.05) is 13.1 Å². The van der Waals surface area contributed by atoms with Gasteiger partial charge in [0, 0.05) is 12.6 Å². The molecule has 18 heavy (non-hydrogen) atoms. The van der Waals surface area contributed by atoms with E-state index in [0.29, 0.717) is 12.6 Å². The molecule has 0 atom stereocenters. The number of rotatable bonds is 4. The zero-order chi connectivity index (χ0) is 12.8. The van der Waals surface area contributed by atoms with Crippen molar-refractivity contribution in [3.05, 3.63) is 29.8 Å². The number of sulfonamides is 1. The first-order valence-electron chi connectivity index (χ1n) is 6.00. The van der Waals surface area contributed by atoms with Crippen LogP contribution in [0.15, 0.2) is 29.2 Å². The maximum atomic E-state index is 12.2. The highest BCUT2D eigenvalue weighted by Gasteiger charge is 2.40. The summed E-state index contributed by atoms with van der Waals surface area (Å²) < 4.78 is 25.3. The van der Waals surface area contributed by atoms with Gasteiger partial charge in [0.15, 0.2) is 0 Å². The van der Waals surface area contributed by atoms with Crippen LogP contribution in [0.4, 0.5) is 0 Å². The van der Waals surface area contributed by atoms with Crippen LogP contribution in [0.25, 0.3) is 0 Å². The number of carbonyl (C=O) groups excluding carboxylic acids is 1. The Morgan fingerprint density at radius 1 is 1.28 bits per heavy atom. The second-order valence-electron chi connectivity index (χ2n) is 4.61. The van der Waals surface area contributed by atoms with Crippen LogP contribution >= 0.6 is 0 Å². The Morgan fingerprint density at radius 3 is 2.67 bits per heavy atom. The summed E-state index contributed by atoms with van der Waals surface area (Å²) in [6.45, 7) is 0.718. The van der Waals surface area contributed by atoms with Crippen molar-refractivity contribution in [2.24, 2.45) is 0 Å².